The summed E-state index contributed by atoms with van der Waals surface area (Å²) in [6.45, 7) is 0. The van der Waals surface area contributed by atoms with Crippen LogP contribution in [0.15, 0.2) is 73.2 Å². The molecular formula is C21H13F3N4O. The molecule has 0 saturated heterocycles. The number of amides is 1. The highest BCUT2D eigenvalue weighted by atomic mass is 19.4. The number of hydrogen-bond acceptors (Lipinski definition) is 4. The number of nitrogens with zero attached hydrogens (tertiary/aromatic N) is 3. The zero-order chi connectivity index (χ0) is 20.4. The average molecular weight is 394 g/mol. The minimum absolute atomic E-state index is 0.102. The van der Waals surface area contributed by atoms with Gasteiger partial charge < -0.3 is 5.32 Å². The Morgan fingerprint density at radius 2 is 1.79 bits per heavy atom. The van der Waals surface area contributed by atoms with Crippen molar-refractivity contribution in [3.05, 3.63) is 84.3 Å². The van der Waals surface area contributed by atoms with Crippen LogP contribution in [0.1, 0.15) is 15.9 Å². The van der Waals surface area contributed by atoms with Gasteiger partial charge in [0.15, 0.2) is 5.82 Å². The molecule has 0 atom stereocenters. The first kappa shape index (κ1) is 18.5. The first-order valence-corrected chi connectivity index (χ1v) is 8.56. The molecule has 0 fully saturated rings. The van der Waals surface area contributed by atoms with Gasteiger partial charge in [0, 0.05) is 23.3 Å². The van der Waals surface area contributed by atoms with E-state index in [1.165, 1.54) is 24.5 Å². The van der Waals surface area contributed by atoms with Crippen molar-refractivity contribution in [1.82, 2.24) is 15.0 Å². The fourth-order valence-electron chi connectivity index (χ4n) is 2.85. The number of carbonyl (C=O) groups is 1. The molecule has 0 unspecified atom stereocenters. The number of para-hydroxylation sites is 1. The van der Waals surface area contributed by atoms with Crippen LogP contribution in [0.25, 0.3) is 22.3 Å². The summed E-state index contributed by atoms with van der Waals surface area (Å²) in [5, 5.41) is 3.32. The van der Waals surface area contributed by atoms with Gasteiger partial charge in [0.1, 0.15) is 0 Å². The normalized spacial score (nSPS) is 11.4. The second-order valence-corrected chi connectivity index (χ2v) is 6.21. The van der Waals surface area contributed by atoms with Gasteiger partial charge in [-0.15, -0.1) is 0 Å². The van der Waals surface area contributed by atoms with E-state index in [0.717, 1.165) is 12.1 Å². The second-order valence-electron chi connectivity index (χ2n) is 6.21. The van der Waals surface area contributed by atoms with E-state index >= 15 is 0 Å². The van der Waals surface area contributed by atoms with Crippen molar-refractivity contribution >= 4 is 22.5 Å². The third-order valence-corrected chi connectivity index (χ3v) is 4.22. The number of alkyl halides is 3. The molecule has 0 radical (unpaired) electrons. The van der Waals surface area contributed by atoms with Crippen molar-refractivity contribution in [2.75, 3.05) is 5.32 Å². The predicted molar refractivity (Wildman–Crippen MR) is 102 cm³/mol. The molecule has 0 aliphatic rings. The van der Waals surface area contributed by atoms with Crippen LogP contribution in [0.2, 0.25) is 0 Å². The van der Waals surface area contributed by atoms with Crippen LogP contribution in [-0.4, -0.2) is 20.9 Å². The molecule has 2 heterocycles. The van der Waals surface area contributed by atoms with Gasteiger partial charge in [0.2, 0.25) is 0 Å². The Morgan fingerprint density at radius 1 is 0.966 bits per heavy atom. The maximum absolute atomic E-state index is 13.0. The Balaban J connectivity index is 1.76. The Morgan fingerprint density at radius 3 is 2.55 bits per heavy atom. The van der Waals surface area contributed by atoms with E-state index in [1.54, 1.807) is 36.5 Å². The Kier molecular flexibility index (Phi) is 4.67. The molecular weight excluding hydrogens is 381 g/mol. The molecule has 0 spiro atoms. The quantitative estimate of drug-likeness (QED) is 0.533. The Labute approximate surface area is 163 Å². The summed E-state index contributed by atoms with van der Waals surface area (Å²) in [4.78, 5) is 25.2. The average Bonchev–Trinajstić information content (AvgIpc) is 2.73. The molecule has 8 heteroatoms. The minimum Gasteiger partial charge on any atom is -0.321 e. The second kappa shape index (κ2) is 7.31. The van der Waals surface area contributed by atoms with Crippen LogP contribution >= 0.6 is 0 Å². The lowest BCUT2D eigenvalue weighted by atomic mass is 10.1. The fraction of sp³-hybridized carbons (Fsp3) is 0.0476. The zero-order valence-electron chi connectivity index (χ0n) is 14.8. The van der Waals surface area contributed by atoms with Crippen LogP contribution in [-0.2, 0) is 6.18 Å². The van der Waals surface area contributed by atoms with E-state index in [9.17, 15) is 18.0 Å². The predicted octanol–water partition coefficient (Wildman–Crippen LogP) is 4.96. The van der Waals surface area contributed by atoms with E-state index < -0.39 is 17.6 Å². The summed E-state index contributed by atoms with van der Waals surface area (Å²) in [5.41, 5.74) is 0.561. The van der Waals surface area contributed by atoms with Gasteiger partial charge >= 0.3 is 6.18 Å². The van der Waals surface area contributed by atoms with Crippen molar-refractivity contribution in [3.8, 4) is 11.4 Å². The number of anilines is 1. The molecule has 1 amide bonds. The van der Waals surface area contributed by atoms with E-state index in [4.69, 9.17) is 0 Å². The minimum atomic E-state index is -4.47. The number of pyridine rings is 1. The molecule has 4 aromatic rings. The number of fused-ring (bicyclic) bond motifs is 1. The number of hydrogen-bond donors (Lipinski definition) is 1. The summed E-state index contributed by atoms with van der Waals surface area (Å²) in [5.74, 6) is -0.303. The summed E-state index contributed by atoms with van der Waals surface area (Å²) in [7, 11) is 0. The van der Waals surface area contributed by atoms with Gasteiger partial charge in [-0.2, -0.15) is 13.2 Å². The van der Waals surface area contributed by atoms with Crippen molar-refractivity contribution in [2.24, 2.45) is 0 Å². The summed E-state index contributed by atoms with van der Waals surface area (Å²) >= 11 is 0. The Bertz CT molecular complexity index is 1190. The van der Waals surface area contributed by atoms with E-state index in [0.29, 0.717) is 16.6 Å². The number of benzene rings is 2. The number of nitrogens with one attached hydrogen (secondary N) is 1. The van der Waals surface area contributed by atoms with Gasteiger partial charge in [0.25, 0.3) is 5.91 Å². The van der Waals surface area contributed by atoms with Crippen LogP contribution in [0.4, 0.5) is 18.9 Å². The molecule has 2 aromatic heterocycles. The monoisotopic (exact) mass is 394 g/mol. The van der Waals surface area contributed by atoms with Crippen molar-refractivity contribution in [2.45, 2.75) is 6.18 Å². The molecule has 0 aliphatic carbocycles. The van der Waals surface area contributed by atoms with E-state index in [1.807, 2.05) is 0 Å². The van der Waals surface area contributed by atoms with Crippen molar-refractivity contribution < 1.29 is 18.0 Å². The SMILES string of the molecule is O=C(Nc1cccnc1)c1cccc2cnc(-c3cccc(C(F)(F)F)c3)nc12. The maximum atomic E-state index is 13.0. The first-order chi connectivity index (χ1) is 13.9. The van der Waals surface area contributed by atoms with E-state index in [2.05, 4.69) is 20.3 Å². The maximum Gasteiger partial charge on any atom is 0.416 e. The van der Waals surface area contributed by atoms with Crippen molar-refractivity contribution in [3.63, 3.8) is 0 Å². The molecule has 0 bridgehead atoms. The number of aromatic nitrogens is 3. The number of halogens is 3. The lowest BCUT2D eigenvalue weighted by molar-refractivity contribution is -0.137. The van der Waals surface area contributed by atoms with E-state index in [-0.39, 0.29) is 17.0 Å². The van der Waals surface area contributed by atoms with Gasteiger partial charge in [-0.1, -0.05) is 24.3 Å². The first-order valence-electron chi connectivity index (χ1n) is 8.56. The third-order valence-electron chi connectivity index (χ3n) is 4.22. The Hall–Kier alpha value is -3.81. The zero-order valence-corrected chi connectivity index (χ0v) is 14.8. The summed E-state index contributed by atoms with van der Waals surface area (Å²) in [6, 6.07) is 13.2. The van der Waals surface area contributed by atoms with Crippen LogP contribution in [0.5, 0.6) is 0 Å². The largest absolute Gasteiger partial charge is 0.416 e. The molecule has 0 aliphatic heterocycles. The summed E-state index contributed by atoms with van der Waals surface area (Å²) in [6.07, 6.45) is 0.106. The smallest absolute Gasteiger partial charge is 0.321 e. The molecule has 0 saturated carbocycles. The molecule has 144 valence electrons. The van der Waals surface area contributed by atoms with Crippen molar-refractivity contribution in [1.29, 1.82) is 0 Å². The summed E-state index contributed by atoms with van der Waals surface area (Å²) < 4.78 is 39.0. The van der Waals surface area contributed by atoms with Gasteiger partial charge in [-0.25, -0.2) is 9.97 Å². The standard InChI is InChI=1S/C21H13F3N4O/c22-21(23,24)15-6-1-4-13(10-15)19-26-11-14-5-2-8-17(18(14)28-19)20(29)27-16-7-3-9-25-12-16/h1-12H,(H,27,29). The third kappa shape index (κ3) is 3.91. The number of rotatable bonds is 3. The van der Waals surface area contributed by atoms with Crippen LogP contribution < -0.4 is 5.32 Å². The topological polar surface area (TPSA) is 67.8 Å². The van der Waals surface area contributed by atoms with Gasteiger partial charge in [0.05, 0.1) is 28.5 Å². The molecule has 1 N–H and O–H groups in total. The molecule has 4 rings (SSSR count). The van der Waals surface area contributed by atoms with Gasteiger partial charge in [-0.05, 0) is 30.3 Å². The number of carbonyl (C=O) groups excluding carboxylic acids is 1. The molecule has 2 aromatic carbocycles. The van der Waals surface area contributed by atoms with Crippen LogP contribution in [0.3, 0.4) is 0 Å². The molecule has 29 heavy (non-hydrogen) atoms. The molecule has 5 nitrogen and oxygen atoms in total. The highest BCUT2D eigenvalue weighted by molar-refractivity contribution is 6.11. The lowest BCUT2D eigenvalue weighted by Crippen LogP contribution is -2.13. The van der Waals surface area contributed by atoms with Crippen LogP contribution in [0, 0.1) is 0 Å². The highest BCUT2D eigenvalue weighted by Gasteiger charge is 2.30. The fourth-order valence-corrected chi connectivity index (χ4v) is 2.85. The lowest BCUT2D eigenvalue weighted by Gasteiger charge is -2.10. The van der Waals surface area contributed by atoms with Gasteiger partial charge in [-0.3, -0.25) is 9.78 Å². The highest BCUT2D eigenvalue weighted by Crippen LogP contribution is 2.31.